The van der Waals surface area contributed by atoms with Gasteiger partial charge >= 0.3 is 0 Å². The summed E-state index contributed by atoms with van der Waals surface area (Å²) in [5.74, 6) is 0.701. The summed E-state index contributed by atoms with van der Waals surface area (Å²) in [4.78, 5) is 18.5. The standard InChI is InChI=1S/C15H20N4O/c16-9-12-5-7-18(10-12)15(20)6-8-19-11-17-13-3-1-2-4-14(13)19/h1-4,11-12H,5-10,16H2/t12-/m0/s1. The van der Waals surface area contributed by atoms with Gasteiger partial charge in [-0.2, -0.15) is 0 Å². The van der Waals surface area contributed by atoms with E-state index in [0.717, 1.165) is 30.5 Å². The normalized spacial score (nSPS) is 18.9. The van der Waals surface area contributed by atoms with Crippen LogP contribution in [-0.4, -0.2) is 40.0 Å². The van der Waals surface area contributed by atoms with Crippen LogP contribution >= 0.6 is 0 Å². The van der Waals surface area contributed by atoms with Crippen LogP contribution in [0.2, 0.25) is 0 Å². The highest BCUT2D eigenvalue weighted by Gasteiger charge is 2.24. The van der Waals surface area contributed by atoms with Crippen molar-refractivity contribution in [2.75, 3.05) is 19.6 Å². The number of nitrogens with zero attached hydrogens (tertiary/aromatic N) is 3. The van der Waals surface area contributed by atoms with E-state index in [1.807, 2.05) is 40.1 Å². The van der Waals surface area contributed by atoms with Crippen LogP contribution in [-0.2, 0) is 11.3 Å². The predicted octanol–water partition coefficient (Wildman–Crippen LogP) is 1.23. The van der Waals surface area contributed by atoms with Crippen LogP contribution in [0.5, 0.6) is 0 Å². The Kier molecular flexibility index (Phi) is 3.69. The highest BCUT2D eigenvalue weighted by atomic mass is 16.2. The van der Waals surface area contributed by atoms with Gasteiger partial charge in [0.05, 0.1) is 17.4 Å². The molecule has 20 heavy (non-hydrogen) atoms. The molecule has 0 radical (unpaired) electrons. The SMILES string of the molecule is NC[C@@H]1CCN(C(=O)CCn2cnc3ccccc32)C1. The lowest BCUT2D eigenvalue weighted by atomic mass is 10.1. The van der Waals surface area contributed by atoms with Crippen molar-refractivity contribution < 1.29 is 4.79 Å². The predicted molar refractivity (Wildman–Crippen MR) is 78.1 cm³/mol. The number of nitrogens with two attached hydrogens (primary N) is 1. The maximum absolute atomic E-state index is 12.2. The third-order valence-electron chi connectivity index (χ3n) is 4.07. The van der Waals surface area contributed by atoms with Crippen molar-refractivity contribution in [3.63, 3.8) is 0 Å². The summed E-state index contributed by atoms with van der Waals surface area (Å²) in [6.45, 7) is 3.03. The molecule has 5 nitrogen and oxygen atoms in total. The summed E-state index contributed by atoms with van der Waals surface area (Å²) >= 11 is 0. The molecule has 0 aliphatic carbocycles. The number of amides is 1. The van der Waals surface area contributed by atoms with Crippen molar-refractivity contribution in [3.05, 3.63) is 30.6 Å². The average Bonchev–Trinajstić information content (AvgIpc) is 3.11. The Labute approximate surface area is 118 Å². The Morgan fingerprint density at radius 2 is 2.25 bits per heavy atom. The van der Waals surface area contributed by atoms with Crippen LogP contribution in [0.15, 0.2) is 30.6 Å². The molecular weight excluding hydrogens is 252 g/mol. The van der Waals surface area contributed by atoms with Gasteiger partial charge in [-0.3, -0.25) is 4.79 Å². The number of rotatable bonds is 4. The molecule has 1 aliphatic rings. The monoisotopic (exact) mass is 272 g/mol. The maximum atomic E-state index is 12.2. The van der Waals surface area contributed by atoms with Crippen LogP contribution in [0.3, 0.4) is 0 Å². The van der Waals surface area contributed by atoms with Gasteiger partial charge < -0.3 is 15.2 Å². The number of hydrogen-bond donors (Lipinski definition) is 1. The number of imidazole rings is 1. The number of likely N-dealkylation sites (tertiary alicyclic amines) is 1. The number of carbonyl (C=O) groups is 1. The zero-order valence-corrected chi connectivity index (χ0v) is 11.5. The second-order valence-electron chi connectivity index (χ2n) is 5.41. The second kappa shape index (κ2) is 5.63. The smallest absolute Gasteiger partial charge is 0.224 e. The number of aryl methyl sites for hydroxylation is 1. The number of para-hydroxylation sites is 2. The van der Waals surface area contributed by atoms with Gasteiger partial charge in [-0.05, 0) is 31.0 Å². The van der Waals surface area contributed by atoms with Crippen LogP contribution in [0, 0.1) is 5.92 Å². The van der Waals surface area contributed by atoms with Gasteiger partial charge in [0.2, 0.25) is 5.91 Å². The first kappa shape index (κ1) is 13.1. The zero-order chi connectivity index (χ0) is 13.9. The summed E-state index contributed by atoms with van der Waals surface area (Å²) < 4.78 is 2.05. The molecule has 2 heterocycles. The molecule has 0 saturated carbocycles. The van der Waals surface area contributed by atoms with E-state index in [4.69, 9.17) is 5.73 Å². The summed E-state index contributed by atoms with van der Waals surface area (Å²) in [7, 11) is 0. The van der Waals surface area contributed by atoms with Crippen molar-refractivity contribution in [1.82, 2.24) is 14.5 Å². The molecule has 1 fully saturated rings. The summed E-state index contributed by atoms with van der Waals surface area (Å²) in [5.41, 5.74) is 7.72. The molecule has 1 aliphatic heterocycles. The Morgan fingerprint density at radius 1 is 1.40 bits per heavy atom. The molecular formula is C15H20N4O. The number of aromatic nitrogens is 2. The van der Waals surface area contributed by atoms with Crippen molar-refractivity contribution >= 4 is 16.9 Å². The summed E-state index contributed by atoms with van der Waals surface area (Å²) in [5, 5.41) is 0. The van der Waals surface area contributed by atoms with Crippen molar-refractivity contribution in [3.8, 4) is 0 Å². The number of hydrogen-bond acceptors (Lipinski definition) is 3. The molecule has 1 aromatic carbocycles. The quantitative estimate of drug-likeness (QED) is 0.910. The maximum Gasteiger partial charge on any atom is 0.224 e. The van der Waals surface area contributed by atoms with Gasteiger partial charge in [0.1, 0.15) is 0 Å². The highest BCUT2D eigenvalue weighted by Crippen LogP contribution is 2.17. The molecule has 0 spiro atoms. The van der Waals surface area contributed by atoms with E-state index < -0.39 is 0 Å². The molecule has 1 aromatic heterocycles. The second-order valence-corrected chi connectivity index (χ2v) is 5.41. The number of benzene rings is 1. The van der Waals surface area contributed by atoms with Gasteiger partial charge in [-0.1, -0.05) is 12.1 Å². The highest BCUT2D eigenvalue weighted by molar-refractivity contribution is 5.77. The first-order valence-electron chi connectivity index (χ1n) is 7.15. The Bertz CT molecular complexity index is 607. The summed E-state index contributed by atoms with van der Waals surface area (Å²) in [6, 6.07) is 7.99. The molecule has 1 amide bonds. The Balaban J connectivity index is 1.61. The molecule has 2 aromatic rings. The van der Waals surface area contributed by atoms with Gasteiger partial charge in [-0.25, -0.2) is 4.98 Å². The van der Waals surface area contributed by atoms with E-state index in [1.165, 1.54) is 0 Å². The zero-order valence-electron chi connectivity index (χ0n) is 11.5. The minimum Gasteiger partial charge on any atom is -0.342 e. The first-order valence-corrected chi connectivity index (χ1v) is 7.15. The third-order valence-corrected chi connectivity index (χ3v) is 4.07. The van der Waals surface area contributed by atoms with Crippen LogP contribution in [0.25, 0.3) is 11.0 Å². The minimum absolute atomic E-state index is 0.221. The molecule has 3 rings (SSSR count). The van der Waals surface area contributed by atoms with E-state index in [2.05, 4.69) is 4.98 Å². The van der Waals surface area contributed by atoms with E-state index in [-0.39, 0.29) is 5.91 Å². The first-order chi connectivity index (χ1) is 9.78. The lowest BCUT2D eigenvalue weighted by molar-refractivity contribution is -0.130. The van der Waals surface area contributed by atoms with E-state index in [1.54, 1.807) is 0 Å². The number of fused-ring (bicyclic) bond motifs is 1. The van der Waals surface area contributed by atoms with E-state index in [0.29, 0.717) is 25.4 Å². The lowest BCUT2D eigenvalue weighted by Gasteiger charge is -2.16. The van der Waals surface area contributed by atoms with Gasteiger partial charge in [0.25, 0.3) is 0 Å². The van der Waals surface area contributed by atoms with Gasteiger partial charge in [-0.15, -0.1) is 0 Å². The van der Waals surface area contributed by atoms with Crippen LogP contribution < -0.4 is 5.73 Å². The lowest BCUT2D eigenvalue weighted by Crippen LogP contribution is -2.30. The third kappa shape index (κ3) is 2.54. The van der Waals surface area contributed by atoms with Crippen molar-refractivity contribution in [2.45, 2.75) is 19.4 Å². The van der Waals surface area contributed by atoms with Crippen LogP contribution in [0.1, 0.15) is 12.8 Å². The molecule has 106 valence electrons. The molecule has 1 atom stereocenters. The van der Waals surface area contributed by atoms with Crippen LogP contribution in [0.4, 0.5) is 0 Å². The number of carbonyl (C=O) groups excluding carboxylic acids is 1. The molecule has 0 bridgehead atoms. The summed E-state index contributed by atoms with van der Waals surface area (Å²) in [6.07, 6.45) is 3.37. The molecule has 2 N–H and O–H groups in total. The van der Waals surface area contributed by atoms with Gasteiger partial charge in [0, 0.05) is 26.1 Å². The van der Waals surface area contributed by atoms with Crippen molar-refractivity contribution in [1.29, 1.82) is 0 Å². The fourth-order valence-electron chi connectivity index (χ4n) is 2.81. The van der Waals surface area contributed by atoms with E-state index >= 15 is 0 Å². The largest absolute Gasteiger partial charge is 0.342 e. The topological polar surface area (TPSA) is 64.2 Å². The molecule has 1 saturated heterocycles. The Hall–Kier alpha value is -1.88. The Morgan fingerprint density at radius 3 is 3.05 bits per heavy atom. The molecule has 5 heteroatoms. The molecule has 0 unspecified atom stereocenters. The minimum atomic E-state index is 0.221. The fraction of sp³-hybridized carbons (Fsp3) is 0.467. The average molecular weight is 272 g/mol. The van der Waals surface area contributed by atoms with Crippen molar-refractivity contribution in [2.24, 2.45) is 11.7 Å². The van der Waals surface area contributed by atoms with Gasteiger partial charge in [0.15, 0.2) is 0 Å². The van der Waals surface area contributed by atoms with E-state index in [9.17, 15) is 4.79 Å². The fourth-order valence-corrected chi connectivity index (χ4v) is 2.81.